The summed E-state index contributed by atoms with van der Waals surface area (Å²) in [5.74, 6) is -0.860. The summed E-state index contributed by atoms with van der Waals surface area (Å²) in [6, 6.07) is 6.60. The SMILES string of the molecule is CC(C)(C)OC(=O)N1CCC(CC(=O)NNC(=O)c2n[nH]c(=O)c3ccccc23)CC1. The number of amides is 3. The van der Waals surface area contributed by atoms with Crippen LogP contribution >= 0.6 is 0 Å². The molecular weight excluding hydrogens is 402 g/mol. The predicted molar refractivity (Wildman–Crippen MR) is 113 cm³/mol. The molecule has 0 bridgehead atoms. The minimum absolute atomic E-state index is 0.0150. The van der Waals surface area contributed by atoms with E-state index in [9.17, 15) is 19.2 Å². The van der Waals surface area contributed by atoms with Crippen molar-refractivity contribution in [2.75, 3.05) is 13.1 Å². The number of fused-ring (bicyclic) bond motifs is 1. The highest BCUT2D eigenvalue weighted by molar-refractivity contribution is 6.05. The number of nitrogens with zero attached hydrogens (tertiary/aromatic N) is 2. The van der Waals surface area contributed by atoms with E-state index >= 15 is 0 Å². The average Bonchev–Trinajstić information content (AvgIpc) is 2.72. The van der Waals surface area contributed by atoms with E-state index < -0.39 is 17.1 Å². The van der Waals surface area contributed by atoms with Gasteiger partial charge in [-0.1, -0.05) is 18.2 Å². The number of carbonyl (C=O) groups excluding carboxylic acids is 3. The van der Waals surface area contributed by atoms with Crippen LogP contribution in [0.2, 0.25) is 0 Å². The zero-order valence-corrected chi connectivity index (χ0v) is 17.9. The molecule has 1 aromatic carbocycles. The Morgan fingerprint density at radius 1 is 1.13 bits per heavy atom. The Morgan fingerprint density at radius 2 is 1.77 bits per heavy atom. The number of hydrogen-bond acceptors (Lipinski definition) is 6. The van der Waals surface area contributed by atoms with Gasteiger partial charge in [-0.2, -0.15) is 5.10 Å². The highest BCUT2D eigenvalue weighted by Gasteiger charge is 2.28. The van der Waals surface area contributed by atoms with Gasteiger partial charge in [0.15, 0.2) is 5.69 Å². The lowest BCUT2D eigenvalue weighted by Crippen LogP contribution is -2.45. The van der Waals surface area contributed by atoms with E-state index in [2.05, 4.69) is 21.0 Å². The van der Waals surface area contributed by atoms with Crippen molar-refractivity contribution < 1.29 is 19.1 Å². The number of ether oxygens (including phenoxy) is 1. The Bertz CT molecular complexity index is 1030. The fourth-order valence-electron chi connectivity index (χ4n) is 3.43. The normalized spacial score (nSPS) is 14.9. The van der Waals surface area contributed by atoms with E-state index in [4.69, 9.17) is 4.74 Å². The van der Waals surface area contributed by atoms with Crippen LogP contribution in [0.5, 0.6) is 0 Å². The van der Waals surface area contributed by atoms with Gasteiger partial charge in [-0.25, -0.2) is 9.89 Å². The molecule has 3 N–H and O–H groups in total. The van der Waals surface area contributed by atoms with Gasteiger partial charge in [0.2, 0.25) is 5.91 Å². The highest BCUT2D eigenvalue weighted by atomic mass is 16.6. The van der Waals surface area contributed by atoms with Gasteiger partial charge in [-0.15, -0.1) is 0 Å². The minimum Gasteiger partial charge on any atom is -0.444 e. The number of nitrogens with one attached hydrogen (secondary N) is 3. The summed E-state index contributed by atoms with van der Waals surface area (Å²) in [5, 5.41) is 6.82. The summed E-state index contributed by atoms with van der Waals surface area (Å²) in [6.45, 7) is 6.50. The maximum absolute atomic E-state index is 12.4. The quantitative estimate of drug-likeness (QED) is 0.636. The molecule has 0 atom stereocenters. The number of carbonyl (C=O) groups is 3. The highest BCUT2D eigenvalue weighted by Crippen LogP contribution is 2.22. The molecule has 31 heavy (non-hydrogen) atoms. The van der Waals surface area contributed by atoms with Crippen LogP contribution in [0.4, 0.5) is 4.79 Å². The molecule has 2 heterocycles. The number of aromatic nitrogens is 2. The van der Waals surface area contributed by atoms with Gasteiger partial charge >= 0.3 is 6.09 Å². The first-order chi connectivity index (χ1) is 14.6. The topological polar surface area (TPSA) is 133 Å². The molecule has 1 fully saturated rings. The van der Waals surface area contributed by atoms with Crippen LogP contribution in [0.25, 0.3) is 10.8 Å². The summed E-state index contributed by atoms with van der Waals surface area (Å²) < 4.78 is 5.37. The lowest BCUT2D eigenvalue weighted by molar-refractivity contribution is -0.123. The summed E-state index contributed by atoms with van der Waals surface area (Å²) in [7, 11) is 0. The molecule has 0 aliphatic carbocycles. The van der Waals surface area contributed by atoms with Gasteiger partial charge in [-0.05, 0) is 45.6 Å². The van der Waals surface area contributed by atoms with Crippen molar-refractivity contribution in [2.45, 2.75) is 45.6 Å². The summed E-state index contributed by atoms with van der Waals surface area (Å²) in [5.41, 5.74) is 3.82. The number of rotatable bonds is 3. The van der Waals surface area contributed by atoms with E-state index in [1.165, 1.54) is 0 Å². The Morgan fingerprint density at radius 3 is 2.42 bits per heavy atom. The second-order valence-electron chi connectivity index (χ2n) is 8.56. The van der Waals surface area contributed by atoms with Gasteiger partial charge in [0.05, 0.1) is 5.39 Å². The molecule has 10 heteroatoms. The molecule has 1 aliphatic rings. The number of likely N-dealkylation sites (tertiary alicyclic amines) is 1. The van der Waals surface area contributed by atoms with Crippen LogP contribution < -0.4 is 16.4 Å². The fraction of sp³-hybridized carbons (Fsp3) is 0.476. The maximum Gasteiger partial charge on any atom is 0.410 e. The molecule has 10 nitrogen and oxygen atoms in total. The molecule has 0 saturated carbocycles. The Hall–Kier alpha value is -3.43. The lowest BCUT2D eigenvalue weighted by Gasteiger charge is -2.33. The van der Waals surface area contributed by atoms with Crippen LogP contribution in [0.3, 0.4) is 0 Å². The van der Waals surface area contributed by atoms with Gasteiger partial charge in [0.1, 0.15) is 5.60 Å². The summed E-state index contributed by atoms with van der Waals surface area (Å²) >= 11 is 0. The first kappa shape index (κ1) is 22.3. The second-order valence-corrected chi connectivity index (χ2v) is 8.56. The molecule has 1 aliphatic heterocycles. The van der Waals surface area contributed by atoms with Crippen LogP contribution in [0.1, 0.15) is 50.5 Å². The number of hydrogen-bond donors (Lipinski definition) is 3. The van der Waals surface area contributed by atoms with Gasteiger partial charge in [0, 0.05) is 24.9 Å². The monoisotopic (exact) mass is 429 g/mol. The molecule has 3 amide bonds. The predicted octanol–water partition coefficient (Wildman–Crippen LogP) is 1.72. The third-order valence-electron chi connectivity index (χ3n) is 4.97. The number of benzene rings is 1. The molecule has 0 radical (unpaired) electrons. The molecule has 0 unspecified atom stereocenters. The van der Waals surface area contributed by atoms with Crippen molar-refractivity contribution >= 4 is 28.7 Å². The Balaban J connectivity index is 1.48. The standard InChI is InChI=1S/C21H27N5O5/c1-21(2,3)31-20(30)26-10-8-13(9-11-26)12-16(27)22-25-19(29)17-14-6-4-5-7-15(14)18(28)24-23-17/h4-7,13H,8-12H2,1-3H3,(H,22,27)(H,24,28)(H,25,29). The molecular formula is C21H27N5O5. The van der Waals surface area contributed by atoms with E-state index in [-0.39, 0.29) is 30.0 Å². The third-order valence-corrected chi connectivity index (χ3v) is 4.97. The summed E-state index contributed by atoms with van der Waals surface area (Å²) in [6.07, 6.45) is 1.23. The average molecular weight is 429 g/mol. The van der Waals surface area contributed by atoms with Crippen LogP contribution in [0, 0.1) is 5.92 Å². The maximum atomic E-state index is 12.4. The molecule has 166 valence electrons. The molecule has 2 aromatic rings. The fourth-order valence-corrected chi connectivity index (χ4v) is 3.43. The summed E-state index contributed by atoms with van der Waals surface area (Å²) in [4.78, 5) is 50.3. The van der Waals surface area contributed by atoms with Crippen molar-refractivity contribution in [3.63, 3.8) is 0 Å². The molecule has 1 saturated heterocycles. The van der Waals surface area contributed by atoms with E-state index in [0.717, 1.165) is 0 Å². The van der Waals surface area contributed by atoms with Crippen molar-refractivity contribution in [3.8, 4) is 0 Å². The van der Waals surface area contributed by atoms with Crippen molar-refractivity contribution in [3.05, 3.63) is 40.3 Å². The second kappa shape index (κ2) is 9.15. The Kier molecular flexibility index (Phi) is 6.57. The van der Waals surface area contributed by atoms with Crippen molar-refractivity contribution in [1.29, 1.82) is 0 Å². The smallest absolute Gasteiger partial charge is 0.410 e. The number of aromatic amines is 1. The number of hydrazine groups is 1. The zero-order valence-electron chi connectivity index (χ0n) is 17.9. The van der Waals surface area contributed by atoms with Crippen LogP contribution in [-0.4, -0.2) is 51.7 Å². The third kappa shape index (κ3) is 5.80. The minimum atomic E-state index is -0.624. The van der Waals surface area contributed by atoms with Crippen LogP contribution in [-0.2, 0) is 9.53 Å². The van der Waals surface area contributed by atoms with Crippen molar-refractivity contribution in [2.24, 2.45) is 5.92 Å². The first-order valence-electron chi connectivity index (χ1n) is 10.2. The van der Waals surface area contributed by atoms with E-state index in [1.54, 1.807) is 29.2 Å². The number of piperidine rings is 1. The van der Waals surface area contributed by atoms with Gasteiger partial charge in [-0.3, -0.25) is 25.2 Å². The number of H-pyrrole nitrogens is 1. The first-order valence-corrected chi connectivity index (χ1v) is 10.2. The largest absolute Gasteiger partial charge is 0.444 e. The molecule has 0 spiro atoms. The van der Waals surface area contributed by atoms with E-state index in [1.807, 2.05) is 20.8 Å². The van der Waals surface area contributed by atoms with E-state index in [0.29, 0.717) is 36.7 Å². The molecule has 1 aromatic heterocycles. The lowest BCUT2D eigenvalue weighted by atomic mass is 9.93. The Labute approximate surface area is 179 Å². The van der Waals surface area contributed by atoms with Crippen molar-refractivity contribution in [1.82, 2.24) is 25.9 Å². The van der Waals surface area contributed by atoms with Crippen LogP contribution in [0.15, 0.2) is 29.1 Å². The zero-order chi connectivity index (χ0) is 22.6. The van der Waals surface area contributed by atoms with Gasteiger partial charge < -0.3 is 9.64 Å². The molecule has 3 rings (SSSR count). The van der Waals surface area contributed by atoms with Gasteiger partial charge in [0.25, 0.3) is 11.5 Å².